The van der Waals surface area contributed by atoms with Gasteiger partial charge in [-0.1, -0.05) is 6.92 Å². The van der Waals surface area contributed by atoms with Gasteiger partial charge in [0.05, 0.1) is 4.88 Å². The summed E-state index contributed by atoms with van der Waals surface area (Å²) in [5.41, 5.74) is 1.41. The van der Waals surface area contributed by atoms with E-state index in [4.69, 9.17) is 0 Å². The Kier molecular flexibility index (Phi) is 4.13. The smallest absolute Gasteiger partial charge is 0.261 e. The fourth-order valence-electron chi connectivity index (χ4n) is 3.30. The number of amides is 1. The van der Waals surface area contributed by atoms with Crippen LogP contribution in [-0.4, -0.2) is 24.5 Å². The topological polar surface area (TPSA) is 41.1 Å². The van der Waals surface area contributed by atoms with Crippen molar-refractivity contribution in [3.63, 3.8) is 0 Å². The molecule has 0 saturated carbocycles. The van der Waals surface area contributed by atoms with E-state index in [2.05, 4.69) is 30.5 Å². The summed E-state index contributed by atoms with van der Waals surface area (Å²) in [7, 11) is 0. The zero-order valence-corrected chi connectivity index (χ0v) is 13.2. The summed E-state index contributed by atoms with van der Waals surface area (Å²) in [6, 6.07) is 2.78. The number of aryl methyl sites for hydroxylation is 1. The Hall–Kier alpha value is -0.870. The minimum atomic E-state index is 0.123. The average molecular weight is 292 g/mol. The maximum absolute atomic E-state index is 12.4. The van der Waals surface area contributed by atoms with Crippen LogP contribution in [0.3, 0.4) is 0 Å². The summed E-state index contributed by atoms with van der Waals surface area (Å²) in [6.45, 7) is 5.53. The highest BCUT2D eigenvalue weighted by Crippen LogP contribution is 2.32. The molecule has 20 heavy (non-hydrogen) atoms. The summed E-state index contributed by atoms with van der Waals surface area (Å²) in [5, 5.41) is 6.65. The van der Waals surface area contributed by atoms with Crippen molar-refractivity contribution < 1.29 is 4.79 Å². The zero-order valence-electron chi connectivity index (χ0n) is 12.4. The number of carbonyl (C=O) groups is 1. The molecule has 2 aliphatic rings. The first-order chi connectivity index (χ1) is 9.63. The molecule has 2 N–H and O–H groups in total. The second-order valence-corrected chi connectivity index (χ2v) is 7.51. The normalized spacial score (nSPS) is 29.8. The molecule has 3 unspecified atom stereocenters. The maximum atomic E-state index is 12.4. The molecule has 1 aliphatic carbocycles. The van der Waals surface area contributed by atoms with Gasteiger partial charge < -0.3 is 10.6 Å². The third-order valence-corrected chi connectivity index (χ3v) is 5.87. The predicted molar refractivity (Wildman–Crippen MR) is 83.5 cm³/mol. The van der Waals surface area contributed by atoms with Gasteiger partial charge in [0, 0.05) is 17.0 Å². The number of fused-ring (bicyclic) bond motifs is 1. The quantitative estimate of drug-likeness (QED) is 0.880. The van der Waals surface area contributed by atoms with E-state index < -0.39 is 0 Å². The highest BCUT2D eigenvalue weighted by atomic mass is 32.1. The Bertz CT molecular complexity index is 497. The molecule has 1 amide bonds. The lowest BCUT2D eigenvalue weighted by atomic mass is 9.90. The van der Waals surface area contributed by atoms with E-state index in [1.165, 1.54) is 16.9 Å². The van der Waals surface area contributed by atoms with Crippen molar-refractivity contribution in [2.45, 2.75) is 58.0 Å². The van der Waals surface area contributed by atoms with E-state index in [1.54, 1.807) is 11.3 Å². The van der Waals surface area contributed by atoms with Crippen LogP contribution in [0, 0.1) is 5.92 Å². The molecule has 110 valence electrons. The minimum Gasteiger partial charge on any atom is -0.347 e. The number of nitrogens with one attached hydrogen (secondary N) is 2. The Morgan fingerprint density at radius 1 is 1.40 bits per heavy atom. The molecule has 0 radical (unpaired) electrons. The van der Waals surface area contributed by atoms with Gasteiger partial charge in [-0.3, -0.25) is 4.79 Å². The van der Waals surface area contributed by atoms with E-state index in [0.717, 1.165) is 43.0 Å². The zero-order chi connectivity index (χ0) is 14.1. The molecule has 3 atom stereocenters. The number of hydrogen-bond donors (Lipinski definition) is 2. The Morgan fingerprint density at radius 2 is 2.25 bits per heavy atom. The van der Waals surface area contributed by atoms with E-state index in [0.29, 0.717) is 6.04 Å². The van der Waals surface area contributed by atoms with Gasteiger partial charge >= 0.3 is 0 Å². The van der Waals surface area contributed by atoms with E-state index in [1.807, 2.05) is 0 Å². The standard InChI is InChI=1S/C16H24N2OS/c1-10-5-6-14-12(8-10)9-15(20-14)16(19)18-13-4-3-7-17-11(13)2/h9-11,13,17H,3-8H2,1-2H3,(H,18,19). The second-order valence-electron chi connectivity index (χ2n) is 6.37. The van der Waals surface area contributed by atoms with Gasteiger partial charge in [-0.25, -0.2) is 0 Å². The van der Waals surface area contributed by atoms with Crippen LogP contribution in [0.4, 0.5) is 0 Å². The molecule has 1 aromatic rings. The van der Waals surface area contributed by atoms with Crippen LogP contribution in [0.25, 0.3) is 0 Å². The second kappa shape index (κ2) is 5.86. The largest absolute Gasteiger partial charge is 0.347 e. The first-order valence-corrected chi connectivity index (χ1v) is 8.61. The Morgan fingerprint density at radius 3 is 3.05 bits per heavy atom. The summed E-state index contributed by atoms with van der Waals surface area (Å²) < 4.78 is 0. The summed E-state index contributed by atoms with van der Waals surface area (Å²) in [5.74, 6) is 0.883. The predicted octanol–water partition coefficient (Wildman–Crippen LogP) is 2.74. The summed E-state index contributed by atoms with van der Waals surface area (Å²) >= 11 is 1.70. The molecular formula is C16H24N2OS. The van der Waals surface area contributed by atoms with Crippen LogP contribution in [0.1, 0.15) is 53.2 Å². The van der Waals surface area contributed by atoms with Gasteiger partial charge in [-0.2, -0.15) is 0 Å². The molecule has 1 fully saturated rings. The van der Waals surface area contributed by atoms with Gasteiger partial charge in [0.15, 0.2) is 0 Å². The summed E-state index contributed by atoms with van der Waals surface area (Å²) in [6.07, 6.45) is 5.78. The number of piperidine rings is 1. The lowest BCUT2D eigenvalue weighted by molar-refractivity contribution is 0.0924. The summed E-state index contributed by atoms with van der Waals surface area (Å²) in [4.78, 5) is 14.8. The van der Waals surface area contributed by atoms with Crippen molar-refractivity contribution >= 4 is 17.2 Å². The molecule has 0 spiro atoms. The molecule has 1 aliphatic heterocycles. The molecule has 0 aromatic carbocycles. The van der Waals surface area contributed by atoms with Crippen molar-refractivity contribution in [1.82, 2.24) is 10.6 Å². The Labute approximate surface area is 125 Å². The van der Waals surface area contributed by atoms with Crippen LogP contribution in [0.5, 0.6) is 0 Å². The van der Waals surface area contributed by atoms with E-state index in [-0.39, 0.29) is 11.9 Å². The Balaban J connectivity index is 1.68. The fourth-order valence-corrected chi connectivity index (χ4v) is 4.41. The molecule has 1 aromatic heterocycles. The van der Waals surface area contributed by atoms with Crippen LogP contribution >= 0.6 is 11.3 Å². The molecule has 0 bridgehead atoms. The third kappa shape index (κ3) is 2.91. The number of thiophene rings is 1. The lowest BCUT2D eigenvalue weighted by Crippen LogP contribution is -2.51. The number of hydrogen-bond acceptors (Lipinski definition) is 3. The van der Waals surface area contributed by atoms with Crippen LogP contribution in [-0.2, 0) is 12.8 Å². The van der Waals surface area contributed by atoms with Gasteiger partial charge in [-0.15, -0.1) is 11.3 Å². The van der Waals surface area contributed by atoms with E-state index >= 15 is 0 Å². The fraction of sp³-hybridized carbons (Fsp3) is 0.688. The molecule has 3 nitrogen and oxygen atoms in total. The lowest BCUT2D eigenvalue weighted by Gasteiger charge is -2.30. The molecule has 3 rings (SSSR count). The van der Waals surface area contributed by atoms with Crippen molar-refractivity contribution in [2.75, 3.05) is 6.54 Å². The number of carbonyl (C=O) groups excluding carboxylic acids is 1. The van der Waals surface area contributed by atoms with Crippen molar-refractivity contribution in [2.24, 2.45) is 5.92 Å². The van der Waals surface area contributed by atoms with Crippen LogP contribution < -0.4 is 10.6 Å². The monoisotopic (exact) mass is 292 g/mol. The van der Waals surface area contributed by atoms with Gasteiger partial charge in [0.1, 0.15) is 0 Å². The van der Waals surface area contributed by atoms with Crippen molar-refractivity contribution in [1.29, 1.82) is 0 Å². The SMILES string of the molecule is CC1CCc2sc(C(=O)NC3CCCNC3C)cc2C1. The first-order valence-electron chi connectivity index (χ1n) is 7.79. The average Bonchev–Trinajstić information content (AvgIpc) is 2.84. The minimum absolute atomic E-state index is 0.123. The molecule has 4 heteroatoms. The van der Waals surface area contributed by atoms with Gasteiger partial charge in [0.2, 0.25) is 0 Å². The van der Waals surface area contributed by atoms with Crippen LogP contribution in [0.2, 0.25) is 0 Å². The molecular weight excluding hydrogens is 268 g/mol. The molecule has 1 saturated heterocycles. The van der Waals surface area contributed by atoms with Crippen molar-refractivity contribution in [3.8, 4) is 0 Å². The van der Waals surface area contributed by atoms with E-state index in [9.17, 15) is 4.79 Å². The highest BCUT2D eigenvalue weighted by Gasteiger charge is 2.25. The third-order valence-electron chi connectivity index (χ3n) is 4.63. The van der Waals surface area contributed by atoms with Crippen molar-refractivity contribution in [3.05, 3.63) is 21.4 Å². The maximum Gasteiger partial charge on any atom is 0.261 e. The molecule has 2 heterocycles. The van der Waals surface area contributed by atoms with Gasteiger partial charge in [-0.05, 0) is 63.1 Å². The first kappa shape index (κ1) is 14.1. The number of rotatable bonds is 2. The van der Waals surface area contributed by atoms with Gasteiger partial charge in [0.25, 0.3) is 5.91 Å². The van der Waals surface area contributed by atoms with Crippen LogP contribution in [0.15, 0.2) is 6.07 Å². The highest BCUT2D eigenvalue weighted by molar-refractivity contribution is 7.14.